The Balaban J connectivity index is 2.06. The first-order valence-electron chi connectivity index (χ1n) is 9.90. The van der Waals surface area contributed by atoms with Crippen molar-refractivity contribution in [2.45, 2.75) is 6.10 Å². The van der Waals surface area contributed by atoms with E-state index in [2.05, 4.69) is 122 Å². The van der Waals surface area contributed by atoms with Gasteiger partial charge < -0.3 is 0 Å². The van der Waals surface area contributed by atoms with Gasteiger partial charge in [-0.3, -0.25) is 0 Å². The van der Waals surface area contributed by atoms with E-state index in [0.29, 0.717) is 0 Å². The van der Waals surface area contributed by atoms with Crippen LogP contribution in [0.25, 0.3) is 0 Å². The molecule has 0 unspecified atom stereocenters. The molecule has 0 saturated heterocycles. The molecule has 1 nitrogen and oxygen atoms in total. The van der Waals surface area contributed by atoms with Crippen LogP contribution >= 0.6 is 6.83 Å². The van der Waals surface area contributed by atoms with Gasteiger partial charge in [0.15, 0.2) is 0 Å². The molecule has 0 N–H and O–H groups in total. The molecule has 0 aliphatic carbocycles. The topological polar surface area (TPSA) is 9.23 Å². The van der Waals surface area contributed by atoms with Crippen molar-refractivity contribution in [2.24, 2.45) is 0 Å². The molecule has 4 aromatic rings. The van der Waals surface area contributed by atoms with Crippen LogP contribution in [0.3, 0.4) is 0 Å². The first-order valence-corrected chi connectivity index (χ1v) is 12.1. The molecule has 0 spiro atoms. The van der Waals surface area contributed by atoms with Gasteiger partial charge in [-0.15, -0.1) is 0 Å². The first-order chi connectivity index (χ1) is 14.3. The molecule has 5 rings (SSSR count). The van der Waals surface area contributed by atoms with Gasteiger partial charge in [0.2, 0.25) is 0 Å². The molecule has 1 aliphatic heterocycles. The van der Waals surface area contributed by atoms with Crippen LogP contribution in [0.4, 0.5) is 0 Å². The summed E-state index contributed by atoms with van der Waals surface area (Å²) < 4.78 is 7.33. The number of rotatable bonds is 4. The van der Waals surface area contributed by atoms with Crippen LogP contribution in [-0.4, -0.2) is 0 Å². The minimum atomic E-state index is -3.41. The van der Waals surface area contributed by atoms with Gasteiger partial charge in [-0.05, 0) is 0 Å². The Hall–Kier alpha value is -2.99. The number of fused-ring (bicyclic) bond motifs is 1. The van der Waals surface area contributed by atoms with Gasteiger partial charge >= 0.3 is 172 Å². The fourth-order valence-corrected chi connectivity index (χ4v) is 11.0. The molecule has 0 bridgehead atoms. The average molecular weight is 394 g/mol. The third kappa shape index (κ3) is 2.29. The second-order valence-corrected chi connectivity index (χ2v) is 11.7. The van der Waals surface area contributed by atoms with E-state index in [1.54, 1.807) is 0 Å². The zero-order chi connectivity index (χ0) is 19.8. The van der Waals surface area contributed by atoms with Gasteiger partial charge in [0.25, 0.3) is 0 Å². The minimum absolute atomic E-state index is 0.163. The number of hydrogen-bond acceptors (Lipinski definition) is 1. The maximum atomic E-state index is 7.33. The molecular weight excluding hydrogens is 371 g/mol. The van der Waals surface area contributed by atoms with Crippen molar-refractivity contribution >= 4 is 28.0 Å². The summed E-state index contributed by atoms with van der Waals surface area (Å²) in [5, 5.41) is 4.92. The van der Waals surface area contributed by atoms with E-state index in [9.17, 15) is 0 Å². The van der Waals surface area contributed by atoms with Gasteiger partial charge in [0.05, 0.1) is 0 Å². The second-order valence-electron chi connectivity index (χ2n) is 7.36. The molecule has 29 heavy (non-hydrogen) atoms. The molecule has 0 radical (unpaired) electrons. The van der Waals surface area contributed by atoms with E-state index in [1.165, 1.54) is 26.8 Å². The quantitative estimate of drug-likeness (QED) is 0.349. The van der Waals surface area contributed by atoms with E-state index in [4.69, 9.17) is 4.52 Å². The van der Waals surface area contributed by atoms with Crippen molar-refractivity contribution in [3.05, 3.63) is 133 Å². The standard InChI is InChI=1S/C27H23OP/c1-2-26-25-20-12-13-21-27(25)29(28-26,22-14-6-3-7-15-22,23-16-8-4-9-17-23)24-18-10-5-11-19-24/h2-21,26H,1H2/t26-/m0/s1. The Morgan fingerprint density at radius 2 is 1.00 bits per heavy atom. The van der Waals surface area contributed by atoms with Crippen molar-refractivity contribution in [1.29, 1.82) is 0 Å². The first kappa shape index (κ1) is 18.1. The van der Waals surface area contributed by atoms with Crippen molar-refractivity contribution in [1.82, 2.24) is 0 Å². The summed E-state index contributed by atoms with van der Waals surface area (Å²) in [6.07, 6.45) is 1.77. The van der Waals surface area contributed by atoms with E-state index in [-0.39, 0.29) is 6.10 Å². The Kier molecular flexibility index (Phi) is 4.24. The molecule has 1 aliphatic rings. The molecule has 1 atom stereocenters. The normalized spacial score (nSPS) is 20.1. The third-order valence-electron chi connectivity index (χ3n) is 5.99. The summed E-state index contributed by atoms with van der Waals surface area (Å²) in [6, 6.07) is 40.9. The molecule has 142 valence electrons. The number of benzene rings is 4. The maximum absolute atomic E-state index is 7.33. The van der Waals surface area contributed by atoms with Crippen LogP contribution in [0.2, 0.25) is 0 Å². The van der Waals surface area contributed by atoms with Gasteiger partial charge in [0.1, 0.15) is 0 Å². The van der Waals surface area contributed by atoms with Gasteiger partial charge in [-0.1, -0.05) is 0 Å². The van der Waals surface area contributed by atoms with Crippen molar-refractivity contribution in [3.63, 3.8) is 0 Å². The molecule has 0 aromatic heterocycles. The van der Waals surface area contributed by atoms with Crippen LogP contribution in [0.15, 0.2) is 128 Å². The molecule has 1 heterocycles. The summed E-state index contributed by atoms with van der Waals surface area (Å²) in [5.41, 5.74) is 1.21. The molecule has 0 amide bonds. The summed E-state index contributed by atoms with van der Waals surface area (Å²) in [7, 11) is 0. The monoisotopic (exact) mass is 394 g/mol. The van der Waals surface area contributed by atoms with Crippen molar-refractivity contribution < 1.29 is 4.52 Å². The number of hydrogen-bond donors (Lipinski definition) is 0. The van der Waals surface area contributed by atoms with Crippen LogP contribution in [0.5, 0.6) is 0 Å². The van der Waals surface area contributed by atoms with Crippen LogP contribution in [0, 0.1) is 0 Å². The third-order valence-corrected chi connectivity index (χ3v) is 11.8. The van der Waals surface area contributed by atoms with Crippen LogP contribution in [0.1, 0.15) is 11.7 Å². The zero-order valence-electron chi connectivity index (χ0n) is 16.2. The summed E-state index contributed by atoms with van der Waals surface area (Å²) in [6.45, 7) is 0.705. The van der Waals surface area contributed by atoms with Crippen molar-refractivity contribution in [3.8, 4) is 0 Å². The Morgan fingerprint density at radius 3 is 1.45 bits per heavy atom. The molecule has 4 aromatic carbocycles. The molecule has 2 heteroatoms. The Morgan fingerprint density at radius 1 is 0.586 bits per heavy atom. The predicted molar refractivity (Wildman–Crippen MR) is 125 cm³/mol. The molecule has 0 fully saturated rings. The Labute approximate surface area is 172 Å². The summed E-state index contributed by atoms with van der Waals surface area (Å²) in [5.74, 6) is 0. The van der Waals surface area contributed by atoms with Gasteiger partial charge in [0, 0.05) is 0 Å². The summed E-state index contributed by atoms with van der Waals surface area (Å²) in [4.78, 5) is 0. The second kappa shape index (κ2) is 6.81. The van der Waals surface area contributed by atoms with Gasteiger partial charge in [-0.2, -0.15) is 0 Å². The molecule has 0 saturated carbocycles. The van der Waals surface area contributed by atoms with E-state index in [1.807, 2.05) is 6.08 Å². The summed E-state index contributed by atoms with van der Waals surface area (Å²) >= 11 is 0. The Bertz CT molecular complexity index is 1050. The van der Waals surface area contributed by atoms with E-state index < -0.39 is 6.83 Å². The zero-order valence-corrected chi connectivity index (χ0v) is 17.1. The fourth-order valence-electron chi connectivity index (χ4n) is 4.81. The van der Waals surface area contributed by atoms with E-state index in [0.717, 1.165) is 0 Å². The predicted octanol–water partition coefficient (Wildman–Crippen LogP) is 5.01. The average Bonchev–Trinajstić information content (AvgIpc) is 3.14. The fraction of sp³-hybridized carbons (Fsp3) is 0.0370. The van der Waals surface area contributed by atoms with Crippen LogP contribution in [-0.2, 0) is 4.52 Å². The molecular formula is C27H23OP. The van der Waals surface area contributed by atoms with Crippen molar-refractivity contribution in [2.75, 3.05) is 0 Å². The van der Waals surface area contributed by atoms with Crippen LogP contribution < -0.4 is 21.2 Å². The SMILES string of the molecule is C=C[C@@H]1OP(c2ccccc2)(c2ccccc2)(c2ccccc2)c2ccccc21. The van der Waals surface area contributed by atoms with E-state index >= 15 is 0 Å². The van der Waals surface area contributed by atoms with Gasteiger partial charge in [-0.25, -0.2) is 0 Å².